The minimum Gasteiger partial charge on any atom is -0.384 e. The number of ether oxygens (including phenoxy) is 1. The van der Waals surface area contributed by atoms with Crippen molar-refractivity contribution in [1.82, 2.24) is 15.1 Å². The number of carbonyl (C=O) groups is 3. The molecule has 0 bridgehead atoms. The molecule has 2 fully saturated rings. The van der Waals surface area contributed by atoms with Crippen LogP contribution in [-0.4, -0.2) is 67.0 Å². The van der Waals surface area contributed by atoms with E-state index in [1.54, 1.807) is 12.0 Å². The zero-order valence-electron chi connectivity index (χ0n) is 13.3. The minimum atomic E-state index is -0.705. The molecule has 0 radical (unpaired) electrons. The molecule has 2 saturated heterocycles. The van der Waals surface area contributed by atoms with Gasteiger partial charge in [0.05, 0.1) is 6.42 Å². The van der Waals surface area contributed by atoms with Gasteiger partial charge in [-0.3, -0.25) is 14.5 Å². The van der Waals surface area contributed by atoms with E-state index in [-0.39, 0.29) is 24.3 Å². The molecule has 0 spiro atoms. The maximum absolute atomic E-state index is 12.3. The first-order chi connectivity index (χ1) is 10.6. The summed E-state index contributed by atoms with van der Waals surface area (Å²) < 4.78 is 5.14. The van der Waals surface area contributed by atoms with Gasteiger partial charge in [0.25, 0.3) is 5.91 Å². The molecular weight excluding hydrogens is 286 g/mol. The summed E-state index contributed by atoms with van der Waals surface area (Å²) in [6.45, 7) is 4.42. The van der Waals surface area contributed by atoms with Crippen LogP contribution in [0.4, 0.5) is 4.79 Å². The smallest absolute Gasteiger partial charge is 0.324 e. The average molecular weight is 311 g/mol. The van der Waals surface area contributed by atoms with Gasteiger partial charge < -0.3 is 15.0 Å². The molecule has 7 heteroatoms. The second-order valence-corrected chi connectivity index (χ2v) is 5.98. The van der Waals surface area contributed by atoms with E-state index in [4.69, 9.17) is 4.74 Å². The van der Waals surface area contributed by atoms with Gasteiger partial charge in [0, 0.05) is 33.4 Å². The van der Waals surface area contributed by atoms with Crippen molar-refractivity contribution in [2.45, 2.75) is 38.6 Å². The highest BCUT2D eigenvalue weighted by Gasteiger charge is 2.39. The molecule has 4 amide bonds. The highest BCUT2D eigenvalue weighted by molar-refractivity contribution is 6.05. The number of carbonyl (C=O) groups excluding carboxylic acids is 3. The van der Waals surface area contributed by atoms with Crippen LogP contribution in [0.5, 0.6) is 0 Å². The average Bonchev–Trinajstić information content (AvgIpc) is 2.76. The highest BCUT2D eigenvalue weighted by Crippen LogP contribution is 2.19. The Bertz CT molecular complexity index is 433. The van der Waals surface area contributed by atoms with E-state index >= 15 is 0 Å². The normalized spacial score (nSPS) is 23.1. The van der Waals surface area contributed by atoms with Crippen LogP contribution in [0.1, 0.15) is 32.6 Å². The second-order valence-electron chi connectivity index (χ2n) is 5.98. The lowest BCUT2D eigenvalue weighted by Gasteiger charge is -2.32. The van der Waals surface area contributed by atoms with Crippen LogP contribution in [0.3, 0.4) is 0 Å². The van der Waals surface area contributed by atoms with Gasteiger partial charge in [-0.1, -0.05) is 6.92 Å². The van der Waals surface area contributed by atoms with Gasteiger partial charge in [0.1, 0.15) is 6.04 Å². The Morgan fingerprint density at radius 2 is 2.00 bits per heavy atom. The van der Waals surface area contributed by atoms with Crippen LogP contribution in [0.15, 0.2) is 0 Å². The lowest BCUT2D eigenvalue weighted by atomic mass is 9.97. The standard InChI is InChI=1S/C15H25N3O4/c1-3-6-18-14(20)12(16-15(18)21)9-13(19)17-7-4-11(5-8-17)10-22-2/h11-12H,3-10H2,1-2H3,(H,16,21)/t12-/m0/s1. The summed E-state index contributed by atoms with van der Waals surface area (Å²) in [5.41, 5.74) is 0. The van der Waals surface area contributed by atoms with Crippen molar-refractivity contribution in [3.8, 4) is 0 Å². The summed E-state index contributed by atoms with van der Waals surface area (Å²) in [6.07, 6.45) is 2.62. The number of likely N-dealkylation sites (tertiary alicyclic amines) is 1. The number of rotatable bonds is 6. The van der Waals surface area contributed by atoms with E-state index in [1.165, 1.54) is 4.90 Å². The number of methoxy groups -OCH3 is 1. The van der Waals surface area contributed by atoms with Crippen LogP contribution >= 0.6 is 0 Å². The molecular formula is C15H25N3O4. The minimum absolute atomic E-state index is 0.0553. The Kier molecular flexibility index (Phi) is 5.76. The predicted octanol–water partition coefficient (Wildman–Crippen LogP) is 0.592. The molecule has 2 heterocycles. The van der Waals surface area contributed by atoms with Gasteiger partial charge in [-0.25, -0.2) is 4.79 Å². The van der Waals surface area contributed by atoms with Crippen molar-refractivity contribution < 1.29 is 19.1 Å². The fourth-order valence-electron chi connectivity index (χ4n) is 3.04. The molecule has 7 nitrogen and oxygen atoms in total. The highest BCUT2D eigenvalue weighted by atomic mass is 16.5. The molecule has 1 atom stereocenters. The Labute approximate surface area is 131 Å². The van der Waals surface area contributed by atoms with Crippen LogP contribution in [0.2, 0.25) is 0 Å². The third kappa shape index (κ3) is 3.76. The number of imide groups is 1. The molecule has 0 unspecified atom stereocenters. The topological polar surface area (TPSA) is 79.0 Å². The third-order valence-electron chi connectivity index (χ3n) is 4.30. The summed E-state index contributed by atoms with van der Waals surface area (Å²) in [4.78, 5) is 39.1. The van der Waals surface area contributed by atoms with E-state index in [0.717, 1.165) is 19.4 Å². The number of nitrogens with zero attached hydrogens (tertiary/aromatic N) is 2. The molecule has 1 N–H and O–H groups in total. The van der Waals surface area contributed by atoms with Gasteiger partial charge in [0.2, 0.25) is 5.91 Å². The number of nitrogens with one attached hydrogen (secondary N) is 1. The Morgan fingerprint density at radius 1 is 1.32 bits per heavy atom. The summed E-state index contributed by atoms with van der Waals surface area (Å²) in [7, 11) is 1.69. The first kappa shape index (κ1) is 16.7. The number of piperidine rings is 1. The zero-order valence-corrected chi connectivity index (χ0v) is 13.3. The molecule has 0 aliphatic carbocycles. The van der Waals surface area contributed by atoms with Gasteiger partial charge in [-0.2, -0.15) is 0 Å². The van der Waals surface area contributed by atoms with Crippen molar-refractivity contribution in [3.63, 3.8) is 0 Å². The Balaban J connectivity index is 1.83. The van der Waals surface area contributed by atoms with Gasteiger partial charge in [0.15, 0.2) is 0 Å². The van der Waals surface area contributed by atoms with Crippen molar-refractivity contribution in [1.29, 1.82) is 0 Å². The number of hydrogen-bond donors (Lipinski definition) is 1. The summed E-state index contributed by atoms with van der Waals surface area (Å²) >= 11 is 0. The first-order valence-electron chi connectivity index (χ1n) is 7.95. The Hall–Kier alpha value is -1.63. The molecule has 0 aromatic carbocycles. The van der Waals surface area contributed by atoms with E-state index in [1.807, 2.05) is 6.92 Å². The molecule has 0 aromatic heterocycles. The van der Waals surface area contributed by atoms with Crippen LogP contribution < -0.4 is 5.32 Å². The van der Waals surface area contributed by atoms with Gasteiger partial charge in [-0.05, 0) is 25.2 Å². The van der Waals surface area contributed by atoms with E-state index in [2.05, 4.69) is 5.32 Å². The van der Waals surface area contributed by atoms with Crippen molar-refractivity contribution >= 4 is 17.8 Å². The molecule has 0 saturated carbocycles. The second kappa shape index (κ2) is 7.58. The van der Waals surface area contributed by atoms with Gasteiger partial charge in [-0.15, -0.1) is 0 Å². The number of hydrogen-bond acceptors (Lipinski definition) is 4. The van der Waals surface area contributed by atoms with Crippen molar-refractivity contribution in [2.24, 2.45) is 5.92 Å². The molecule has 2 aliphatic heterocycles. The molecule has 0 aromatic rings. The third-order valence-corrected chi connectivity index (χ3v) is 4.30. The predicted molar refractivity (Wildman–Crippen MR) is 80.1 cm³/mol. The maximum Gasteiger partial charge on any atom is 0.324 e. The largest absolute Gasteiger partial charge is 0.384 e. The quantitative estimate of drug-likeness (QED) is 0.728. The van der Waals surface area contributed by atoms with Gasteiger partial charge >= 0.3 is 6.03 Å². The Morgan fingerprint density at radius 3 is 2.59 bits per heavy atom. The van der Waals surface area contributed by atoms with Crippen LogP contribution in [0, 0.1) is 5.92 Å². The first-order valence-corrected chi connectivity index (χ1v) is 7.95. The fraction of sp³-hybridized carbons (Fsp3) is 0.800. The van der Waals surface area contributed by atoms with Crippen molar-refractivity contribution in [2.75, 3.05) is 33.4 Å². The lowest BCUT2D eigenvalue weighted by Crippen LogP contribution is -2.43. The summed E-state index contributed by atoms with van der Waals surface area (Å²) in [5.74, 6) is 0.157. The van der Waals surface area contributed by atoms with Crippen molar-refractivity contribution in [3.05, 3.63) is 0 Å². The molecule has 2 rings (SSSR count). The summed E-state index contributed by atoms with van der Waals surface area (Å²) in [5, 5.41) is 2.61. The fourth-order valence-corrected chi connectivity index (χ4v) is 3.04. The van der Waals surface area contributed by atoms with Crippen LogP contribution in [0.25, 0.3) is 0 Å². The van der Waals surface area contributed by atoms with E-state index in [9.17, 15) is 14.4 Å². The molecule has 22 heavy (non-hydrogen) atoms. The van der Waals surface area contributed by atoms with Crippen LogP contribution in [-0.2, 0) is 14.3 Å². The SMILES string of the molecule is CCCN1C(=O)N[C@@H](CC(=O)N2CCC(COC)CC2)C1=O. The zero-order chi connectivity index (χ0) is 16.1. The number of urea groups is 1. The van der Waals surface area contributed by atoms with E-state index < -0.39 is 6.04 Å². The molecule has 2 aliphatic rings. The number of amides is 4. The lowest BCUT2D eigenvalue weighted by molar-refractivity contribution is -0.136. The van der Waals surface area contributed by atoms with E-state index in [0.29, 0.717) is 32.0 Å². The maximum atomic E-state index is 12.3. The monoisotopic (exact) mass is 311 g/mol. The summed E-state index contributed by atoms with van der Waals surface area (Å²) in [6, 6.07) is -1.09. The molecule has 124 valence electrons.